The molecule has 5 heteroatoms. The molecule has 3 rings (SSSR count). The summed E-state index contributed by atoms with van der Waals surface area (Å²) in [5, 5.41) is 14.4. The summed E-state index contributed by atoms with van der Waals surface area (Å²) in [6, 6.07) is 17.7. The number of carbonyl (C=O) groups is 2. The fourth-order valence-electron chi connectivity index (χ4n) is 2.66. The second-order valence-electron chi connectivity index (χ2n) is 6.09. The average molecular weight is 349 g/mol. The molecule has 3 aromatic carbocycles. The smallest absolute Gasteiger partial charge is 0.342 e. The minimum Gasteiger partial charge on any atom is -0.506 e. The van der Waals surface area contributed by atoms with Crippen LogP contribution in [-0.4, -0.2) is 23.1 Å². The van der Waals surface area contributed by atoms with Crippen LogP contribution in [-0.2, 0) is 9.53 Å². The van der Waals surface area contributed by atoms with Crippen LogP contribution in [0.3, 0.4) is 0 Å². The molecule has 5 nitrogen and oxygen atoms in total. The maximum Gasteiger partial charge on any atom is 0.342 e. The predicted molar refractivity (Wildman–Crippen MR) is 100 cm³/mol. The van der Waals surface area contributed by atoms with Gasteiger partial charge in [-0.15, -0.1) is 0 Å². The molecule has 2 N–H and O–H groups in total. The molecule has 132 valence electrons. The molecule has 0 saturated carbocycles. The molecule has 3 aromatic rings. The molecule has 0 radical (unpaired) electrons. The Labute approximate surface area is 151 Å². The largest absolute Gasteiger partial charge is 0.506 e. The fraction of sp³-hybridized carbons (Fsp3) is 0.143. The quantitative estimate of drug-likeness (QED) is 0.697. The van der Waals surface area contributed by atoms with Crippen molar-refractivity contribution >= 4 is 28.3 Å². The number of ether oxygens (including phenoxy) is 1. The first-order valence-corrected chi connectivity index (χ1v) is 8.25. The van der Waals surface area contributed by atoms with Gasteiger partial charge in [-0.2, -0.15) is 0 Å². The van der Waals surface area contributed by atoms with E-state index in [1.165, 1.54) is 13.0 Å². The molecule has 0 bridgehead atoms. The average Bonchev–Trinajstić information content (AvgIpc) is 2.62. The van der Waals surface area contributed by atoms with Crippen molar-refractivity contribution in [3.8, 4) is 5.75 Å². The van der Waals surface area contributed by atoms with Gasteiger partial charge in [0, 0.05) is 11.1 Å². The van der Waals surface area contributed by atoms with E-state index in [1.807, 2.05) is 37.3 Å². The van der Waals surface area contributed by atoms with E-state index in [0.717, 1.165) is 10.9 Å². The molecule has 26 heavy (non-hydrogen) atoms. The topological polar surface area (TPSA) is 75.6 Å². The molecular weight excluding hydrogens is 330 g/mol. The number of esters is 1. The molecule has 0 aromatic heterocycles. The third kappa shape index (κ3) is 3.67. The molecule has 1 atom stereocenters. The van der Waals surface area contributed by atoms with Crippen molar-refractivity contribution in [1.82, 2.24) is 0 Å². The maximum atomic E-state index is 12.4. The van der Waals surface area contributed by atoms with Gasteiger partial charge >= 0.3 is 5.97 Å². The standard InChI is InChI=1S/C21H19NO4/c1-13-6-5-8-16(12-13)22-20(24)14(2)26-21(25)18-11-10-15-7-3-4-9-17(15)19(18)23/h3-12,14,23H,1-2H3,(H,22,24)/t14-/m0/s1. The summed E-state index contributed by atoms with van der Waals surface area (Å²) in [6.07, 6.45) is -1.01. The van der Waals surface area contributed by atoms with E-state index in [0.29, 0.717) is 11.1 Å². The number of aromatic hydroxyl groups is 1. The number of rotatable bonds is 4. The van der Waals surface area contributed by atoms with Gasteiger partial charge in [-0.05, 0) is 43.0 Å². The Bertz CT molecular complexity index is 981. The number of carbonyl (C=O) groups excluding carboxylic acids is 2. The van der Waals surface area contributed by atoms with E-state index >= 15 is 0 Å². The number of phenols is 1. The highest BCUT2D eigenvalue weighted by molar-refractivity contribution is 6.02. The van der Waals surface area contributed by atoms with Gasteiger partial charge in [-0.3, -0.25) is 4.79 Å². The van der Waals surface area contributed by atoms with Gasteiger partial charge in [0.25, 0.3) is 5.91 Å². The van der Waals surface area contributed by atoms with Crippen LogP contribution in [0, 0.1) is 6.92 Å². The summed E-state index contributed by atoms with van der Waals surface area (Å²) < 4.78 is 5.22. The van der Waals surface area contributed by atoms with Gasteiger partial charge in [-0.1, -0.05) is 42.5 Å². The number of fused-ring (bicyclic) bond motifs is 1. The first-order valence-electron chi connectivity index (χ1n) is 8.25. The summed E-state index contributed by atoms with van der Waals surface area (Å²) in [7, 11) is 0. The number of benzene rings is 3. The summed E-state index contributed by atoms with van der Waals surface area (Å²) in [5.74, 6) is -1.34. The van der Waals surface area contributed by atoms with Crippen molar-refractivity contribution < 1.29 is 19.4 Å². The highest BCUT2D eigenvalue weighted by atomic mass is 16.5. The van der Waals surface area contributed by atoms with Crippen molar-refractivity contribution in [2.24, 2.45) is 0 Å². The zero-order valence-electron chi connectivity index (χ0n) is 14.5. The highest BCUT2D eigenvalue weighted by Gasteiger charge is 2.22. The van der Waals surface area contributed by atoms with Gasteiger partial charge in [0.05, 0.1) is 0 Å². The van der Waals surface area contributed by atoms with E-state index in [-0.39, 0.29) is 11.3 Å². The number of anilines is 1. The Morgan fingerprint density at radius 2 is 1.81 bits per heavy atom. The predicted octanol–water partition coefficient (Wildman–Crippen LogP) is 4.04. The lowest BCUT2D eigenvalue weighted by molar-refractivity contribution is -0.123. The van der Waals surface area contributed by atoms with Crippen molar-refractivity contribution in [2.75, 3.05) is 5.32 Å². The van der Waals surface area contributed by atoms with Crippen LogP contribution in [0.1, 0.15) is 22.8 Å². The molecule has 0 aliphatic heterocycles. The Hall–Kier alpha value is -3.34. The monoisotopic (exact) mass is 349 g/mol. The highest BCUT2D eigenvalue weighted by Crippen LogP contribution is 2.29. The molecule has 0 aliphatic carbocycles. The lowest BCUT2D eigenvalue weighted by Gasteiger charge is -2.15. The zero-order chi connectivity index (χ0) is 18.7. The van der Waals surface area contributed by atoms with Crippen LogP contribution in [0.25, 0.3) is 10.8 Å². The van der Waals surface area contributed by atoms with Crippen LogP contribution in [0.15, 0.2) is 60.7 Å². The van der Waals surface area contributed by atoms with Crippen molar-refractivity contribution in [2.45, 2.75) is 20.0 Å². The first-order chi connectivity index (χ1) is 12.5. The minimum atomic E-state index is -1.01. The van der Waals surface area contributed by atoms with Crippen molar-refractivity contribution in [1.29, 1.82) is 0 Å². The summed E-state index contributed by atoms with van der Waals surface area (Å²) in [5.41, 5.74) is 1.67. The number of nitrogens with one attached hydrogen (secondary N) is 1. The number of hydrogen-bond donors (Lipinski definition) is 2. The molecule has 0 unspecified atom stereocenters. The first kappa shape index (κ1) is 17.5. The zero-order valence-corrected chi connectivity index (χ0v) is 14.5. The van der Waals surface area contributed by atoms with Gasteiger partial charge in [0.15, 0.2) is 6.10 Å². The molecule has 0 fully saturated rings. The molecule has 0 saturated heterocycles. The number of phenolic OH excluding ortho intramolecular Hbond substituents is 1. The summed E-state index contributed by atoms with van der Waals surface area (Å²) in [6.45, 7) is 3.41. The van der Waals surface area contributed by atoms with Crippen LogP contribution in [0.5, 0.6) is 5.75 Å². The van der Waals surface area contributed by atoms with Crippen LogP contribution in [0.4, 0.5) is 5.69 Å². The minimum absolute atomic E-state index is 0.0268. The molecule has 0 heterocycles. The lowest BCUT2D eigenvalue weighted by Crippen LogP contribution is -2.30. The van der Waals surface area contributed by atoms with E-state index < -0.39 is 18.0 Å². The van der Waals surface area contributed by atoms with E-state index in [1.54, 1.807) is 24.3 Å². The van der Waals surface area contributed by atoms with Gasteiger partial charge < -0.3 is 15.2 Å². The van der Waals surface area contributed by atoms with Crippen LogP contribution < -0.4 is 5.32 Å². The van der Waals surface area contributed by atoms with E-state index in [4.69, 9.17) is 4.74 Å². The van der Waals surface area contributed by atoms with Crippen molar-refractivity contribution in [3.05, 3.63) is 71.8 Å². The van der Waals surface area contributed by atoms with E-state index in [2.05, 4.69) is 5.32 Å². The van der Waals surface area contributed by atoms with E-state index in [9.17, 15) is 14.7 Å². The third-order valence-corrected chi connectivity index (χ3v) is 4.06. The summed E-state index contributed by atoms with van der Waals surface area (Å²) >= 11 is 0. The van der Waals surface area contributed by atoms with Gasteiger partial charge in [-0.25, -0.2) is 4.79 Å². The molecule has 0 aliphatic rings. The Morgan fingerprint density at radius 3 is 2.58 bits per heavy atom. The van der Waals surface area contributed by atoms with Crippen molar-refractivity contribution in [3.63, 3.8) is 0 Å². The second-order valence-corrected chi connectivity index (χ2v) is 6.09. The Balaban J connectivity index is 1.73. The van der Waals surface area contributed by atoms with Crippen LogP contribution in [0.2, 0.25) is 0 Å². The number of hydrogen-bond acceptors (Lipinski definition) is 4. The lowest BCUT2D eigenvalue weighted by atomic mass is 10.1. The number of aryl methyl sites for hydroxylation is 1. The Kier molecular flexibility index (Phi) is 4.89. The SMILES string of the molecule is Cc1cccc(NC(=O)[C@H](C)OC(=O)c2ccc3ccccc3c2O)c1. The maximum absolute atomic E-state index is 12.4. The molecule has 0 spiro atoms. The summed E-state index contributed by atoms with van der Waals surface area (Å²) in [4.78, 5) is 24.6. The van der Waals surface area contributed by atoms with Gasteiger partial charge in [0.1, 0.15) is 11.3 Å². The normalized spacial score (nSPS) is 11.8. The molecule has 1 amide bonds. The second kappa shape index (κ2) is 7.27. The fourth-order valence-corrected chi connectivity index (χ4v) is 2.66. The van der Waals surface area contributed by atoms with Gasteiger partial charge in [0.2, 0.25) is 0 Å². The Morgan fingerprint density at radius 1 is 1.04 bits per heavy atom. The van der Waals surface area contributed by atoms with Crippen LogP contribution >= 0.6 is 0 Å². The third-order valence-electron chi connectivity index (χ3n) is 4.06. The molecular formula is C21H19NO4. The number of amides is 1.